The SMILES string of the molecule is Cc1cc(Cl)ccc1CNC1CCN(C(=O)OC(C)(C)C)CC1. The second-order valence-electron chi connectivity index (χ2n) is 7.19. The molecular formula is C18H27ClN2O2. The van der Waals surface area contributed by atoms with Crippen molar-refractivity contribution in [3.63, 3.8) is 0 Å². The Morgan fingerprint density at radius 3 is 2.57 bits per heavy atom. The Morgan fingerprint density at radius 1 is 1.35 bits per heavy atom. The number of hydrogen-bond donors (Lipinski definition) is 1. The number of nitrogens with zero attached hydrogens (tertiary/aromatic N) is 1. The van der Waals surface area contributed by atoms with Gasteiger partial charge in [-0.1, -0.05) is 17.7 Å². The third-order valence-electron chi connectivity index (χ3n) is 4.03. The summed E-state index contributed by atoms with van der Waals surface area (Å²) < 4.78 is 5.42. The average molecular weight is 339 g/mol. The zero-order valence-corrected chi connectivity index (χ0v) is 15.2. The van der Waals surface area contributed by atoms with E-state index in [1.807, 2.05) is 32.9 Å². The van der Waals surface area contributed by atoms with E-state index < -0.39 is 5.60 Å². The predicted octanol–water partition coefficient (Wildman–Crippen LogP) is 4.14. The van der Waals surface area contributed by atoms with Gasteiger partial charge in [-0.05, 0) is 63.8 Å². The van der Waals surface area contributed by atoms with Crippen LogP contribution in [0.4, 0.5) is 4.79 Å². The summed E-state index contributed by atoms with van der Waals surface area (Å²) in [7, 11) is 0. The van der Waals surface area contributed by atoms with Gasteiger partial charge in [0.2, 0.25) is 0 Å². The van der Waals surface area contributed by atoms with Crippen LogP contribution in [0.15, 0.2) is 18.2 Å². The van der Waals surface area contributed by atoms with Crippen molar-refractivity contribution in [2.24, 2.45) is 0 Å². The molecule has 1 saturated heterocycles. The predicted molar refractivity (Wildman–Crippen MR) is 93.9 cm³/mol. The third kappa shape index (κ3) is 5.70. The summed E-state index contributed by atoms with van der Waals surface area (Å²) in [5.74, 6) is 0. The van der Waals surface area contributed by atoms with Crippen LogP contribution in [-0.2, 0) is 11.3 Å². The molecule has 0 radical (unpaired) electrons. The second kappa shape index (κ2) is 7.54. The third-order valence-corrected chi connectivity index (χ3v) is 4.27. The highest BCUT2D eigenvalue weighted by Crippen LogP contribution is 2.18. The molecule has 1 heterocycles. The van der Waals surface area contributed by atoms with Crippen molar-refractivity contribution < 1.29 is 9.53 Å². The molecule has 4 nitrogen and oxygen atoms in total. The van der Waals surface area contributed by atoms with E-state index in [1.165, 1.54) is 11.1 Å². The van der Waals surface area contributed by atoms with Gasteiger partial charge in [-0.15, -0.1) is 0 Å². The van der Waals surface area contributed by atoms with Crippen molar-refractivity contribution in [3.05, 3.63) is 34.3 Å². The maximum atomic E-state index is 12.0. The molecule has 2 rings (SSSR count). The van der Waals surface area contributed by atoms with Gasteiger partial charge in [-0.2, -0.15) is 0 Å². The summed E-state index contributed by atoms with van der Waals surface area (Å²) in [6.07, 6.45) is 1.70. The van der Waals surface area contributed by atoms with E-state index in [-0.39, 0.29) is 6.09 Å². The summed E-state index contributed by atoms with van der Waals surface area (Å²) in [6.45, 7) is 10.1. The smallest absolute Gasteiger partial charge is 0.410 e. The average Bonchev–Trinajstić information content (AvgIpc) is 2.45. The molecule has 1 aliphatic heterocycles. The monoisotopic (exact) mass is 338 g/mol. The van der Waals surface area contributed by atoms with Crippen LogP contribution in [0.2, 0.25) is 5.02 Å². The molecule has 128 valence electrons. The molecule has 0 atom stereocenters. The fourth-order valence-corrected chi connectivity index (χ4v) is 2.93. The number of hydrogen-bond acceptors (Lipinski definition) is 3. The lowest BCUT2D eigenvalue weighted by Crippen LogP contribution is -2.46. The van der Waals surface area contributed by atoms with Crippen LogP contribution < -0.4 is 5.32 Å². The molecule has 1 aromatic carbocycles. The zero-order valence-electron chi connectivity index (χ0n) is 14.5. The van der Waals surface area contributed by atoms with Gasteiger partial charge in [0.25, 0.3) is 0 Å². The minimum Gasteiger partial charge on any atom is -0.444 e. The zero-order chi connectivity index (χ0) is 17.0. The van der Waals surface area contributed by atoms with E-state index in [0.29, 0.717) is 6.04 Å². The Labute approximate surface area is 144 Å². The quantitative estimate of drug-likeness (QED) is 0.900. The summed E-state index contributed by atoms with van der Waals surface area (Å²) in [4.78, 5) is 13.8. The normalized spacial score (nSPS) is 16.5. The van der Waals surface area contributed by atoms with Crippen LogP contribution in [0, 0.1) is 6.92 Å². The molecule has 1 amide bonds. The Kier molecular flexibility index (Phi) is 5.93. The standard InChI is InChI=1S/C18H27ClN2O2/c1-13-11-15(19)6-5-14(13)12-20-16-7-9-21(10-8-16)17(22)23-18(2,3)4/h5-6,11,16,20H,7-10,12H2,1-4H3. The largest absolute Gasteiger partial charge is 0.444 e. The first-order chi connectivity index (χ1) is 10.7. The van der Waals surface area contributed by atoms with Crippen molar-refractivity contribution in [3.8, 4) is 0 Å². The highest BCUT2D eigenvalue weighted by atomic mass is 35.5. The first kappa shape index (κ1) is 18.1. The van der Waals surface area contributed by atoms with Gasteiger partial charge >= 0.3 is 6.09 Å². The lowest BCUT2D eigenvalue weighted by Gasteiger charge is -2.34. The van der Waals surface area contributed by atoms with Gasteiger partial charge < -0.3 is 15.0 Å². The number of likely N-dealkylation sites (tertiary alicyclic amines) is 1. The number of benzene rings is 1. The van der Waals surface area contributed by atoms with Crippen molar-refractivity contribution in [1.29, 1.82) is 0 Å². The van der Waals surface area contributed by atoms with Crippen molar-refractivity contribution in [2.45, 2.75) is 58.7 Å². The minimum absolute atomic E-state index is 0.204. The van der Waals surface area contributed by atoms with Gasteiger partial charge in [-0.3, -0.25) is 0 Å². The van der Waals surface area contributed by atoms with E-state index >= 15 is 0 Å². The van der Waals surface area contributed by atoms with Crippen LogP contribution in [0.1, 0.15) is 44.7 Å². The summed E-state index contributed by atoms with van der Waals surface area (Å²) in [5, 5.41) is 4.36. The maximum absolute atomic E-state index is 12.0. The van der Waals surface area contributed by atoms with Gasteiger partial charge in [0, 0.05) is 30.7 Å². The molecule has 1 fully saturated rings. The number of nitrogens with one attached hydrogen (secondary N) is 1. The van der Waals surface area contributed by atoms with Crippen LogP contribution in [0.3, 0.4) is 0 Å². The van der Waals surface area contributed by atoms with E-state index in [9.17, 15) is 4.79 Å². The number of halogens is 1. The molecule has 0 bridgehead atoms. The van der Waals surface area contributed by atoms with E-state index in [0.717, 1.165) is 37.5 Å². The van der Waals surface area contributed by atoms with Gasteiger partial charge in [-0.25, -0.2) is 4.79 Å². The molecule has 23 heavy (non-hydrogen) atoms. The lowest BCUT2D eigenvalue weighted by atomic mass is 10.0. The molecule has 1 aliphatic rings. The molecule has 0 spiro atoms. The van der Waals surface area contributed by atoms with Gasteiger partial charge in [0.1, 0.15) is 5.60 Å². The number of carbonyl (C=O) groups is 1. The molecule has 0 aromatic heterocycles. The van der Waals surface area contributed by atoms with Crippen LogP contribution in [-0.4, -0.2) is 35.7 Å². The van der Waals surface area contributed by atoms with E-state index in [2.05, 4.69) is 18.3 Å². The number of piperidine rings is 1. The Bertz CT molecular complexity index is 546. The van der Waals surface area contributed by atoms with Crippen molar-refractivity contribution >= 4 is 17.7 Å². The Morgan fingerprint density at radius 2 is 2.00 bits per heavy atom. The molecule has 1 N–H and O–H groups in total. The Balaban J connectivity index is 1.77. The number of aryl methyl sites for hydroxylation is 1. The topological polar surface area (TPSA) is 41.6 Å². The highest BCUT2D eigenvalue weighted by molar-refractivity contribution is 6.30. The van der Waals surface area contributed by atoms with Crippen molar-refractivity contribution in [2.75, 3.05) is 13.1 Å². The molecule has 5 heteroatoms. The molecule has 0 unspecified atom stereocenters. The molecule has 1 aromatic rings. The molecule has 0 saturated carbocycles. The summed E-state index contributed by atoms with van der Waals surface area (Å²) in [6, 6.07) is 6.42. The first-order valence-electron chi connectivity index (χ1n) is 8.21. The van der Waals surface area contributed by atoms with E-state index in [1.54, 1.807) is 4.90 Å². The fourth-order valence-electron chi connectivity index (χ4n) is 2.70. The Hall–Kier alpha value is -1.26. The second-order valence-corrected chi connectivity index (χ2v) is 7.63. The first-order valence-corrected chi connectivity index (χ1v) is 8.59. The number of amides is 1. The number of ether oxygens (including phenoxy) is 1. The lowest BCUT2D eigenvalue weighted by molar-refractivity contribution is 0.0198. The van der Waals surface area contributed by atoms with Crippen LogP contribution in [0.25, 0.3) is 0 Å². The van der Waals surface area contributed by atoms with Gasteiger partial charge in [0.05, 0.1) is 0 Å². The molecule has 0 aliphatic carbocycles. The summed E-state index contributed by atoms with van der Waals surface area (Å²) in [5.41, 5.74) is 2.04. The number of carbonyl (C=O) groups excluding carboxylic acids is 1. The molecular weight excluding hydrogens is 312 g/mol. The van der Waals surface area contributed by atoms with Crippen LogP contribution >= 0.6 is 11.6 Å². The minimum atomic E-state index is -0.432. The van der Waals surface area contributed by atoms with E-state index in [4.69, 9.17) is 16.3 Å². The fraction of sp³-hybridized carbons (Fsp3) is 0.611. The van der Waals surface area contributed by atoms with Crippen LogP contribution in [0.5, 0.6) is 0 Å². The highest BCUT2D eigenvalue weighted by Gasteiger charge is 2.26. The summed E-state index contributed by atoms with van der Waals surface area (Å²) >= 11 is 5.99. The van der Waals surface area contributed by atoms with Crippen molar-refractivity contribution in [1.82, 2.24) is 10.2 Å². The number of rotatable bonds is 3. The maximum Gasteiger partial charge on any atom is 0.410 e. The van der Waals surface area contributed by atoms with Gasteiger partial charge in [0.15, 0.2) is 0 Å².